The molecule has 2 aliphatic rings. The molecule has 0 saturated heterocycles. The van der Waals surface area contributed by atoms with Crippen molar-refractivity contribution >= 4 is 29.5 Å². The van der Waals surface area contributed by atoms with Crippen LogP contribution in [0, 0.1) is 0 Å². The summed E-state index contributed by atoms with van der Waals surface area (Å²) < 4.78 is 48.8. The number of rotatable bonds is 3. The van der Waals surface area contributed by atoms with Crippen molar-refractivity contribution in [1.29, 1.82) is 0 Å². The SMILES string of the molecule is COC(=O)C1=C(C(=O)OC)N2c3ccccc3C=CC2C(C(=O)C(F)(F)F)=C1. The van der Waals surface area contributed by atoms with Crippen molar-refractivity contribution in [2.24, 2.45) is 0 Å². The van der Waals surface area contributed by atoms with E-state index < -0.39 is 41.1 Å². The Balaban J connectivity index is 2.33. The standard InChI is InChI=1S/C19H14F3NO5/c1-27-17(25)12-9-11(16(24)19(20,21)22)14-8-7-10-5-3-4-6-13(10)23(14)15(12)18(26)28-2/h3-9,14H,1-2H3. The van der Waals surface area contributed by atoms with Crippen molar-refractivity contribution in [1.82, 2.24) is 0 Å². The van der Waals surface area contributed by atoms with Crippen LogP contribution in [0.15, 0.2) is 53.3 Å². The number of fused-ring (bicyclic) bond motifs is 3. The highest BCUT2D eigenvalue weighted by Gasteiger charge is 2.48. The van der Waals surface area contributed by atoms with Crippen LogP contribution in [0.25, 0.3) is 6.08 Å². The molecular formula is C19H14F3NO5. The lowest BCUT2D eigenvalue weighted by molar-refractivity contribution is -0.166. The van der Waals surface area contributed by atoms with Gasteiger partial charge in [0.1, 0.15) is 5.70 Å². The summed E-state index contributed by atoms with van der Waals surface area (Å²) in [6.45, 7) is 0. The number of anilines is 1. The molecule has 0 bridgehead atoms. The van der Waals surface area contributed by atoms with Gasteiger partial charge in [0.2, 0.25) is 0 Å². The molecule has 1 atom stereocenters. The largest absolute Gasteiger partial charge is 0.465 e. The molecule has 0 spiro atoms. The number of alkyl halides is 3. The highest BCUT2D eigenvalue weighted by molar-refractivity contribution is 6.11. The quantitative estimate of drug-likeness (QED) is 0.735. The second kappa shape index (κ2) is 6.99. The van der Waals surface area contributed by atoms with E-state index in [1.165, 1.54) is 11.0 Å². The Morgan fingerprint density at radius 2 is 1.68 bits per heavy atom. The second-order valence-electron chi connectivity index (χ2n) is 5.90. The summed E-state index contributed by atoms with van der Waals surface area (Å²) in [4.78, 5) is 37.9. The Morgan fingerprint density at radius 1 is 1.04 bits per heavy atom. The van der Waals surface area contributed by atoms with Crippen molar-refractivity contribution in [3.05, 3.63) is 58.8 Å². The fraction of sp³-hybridized carbons (Fsp3) is 0.211. The molecule has 0 N–H and O–H groups in total. The third kappa shape index (κ3) is 3.08. The van der Waals surface area contributed by atoms with Gasteiger partial charge in [-0.15, -0.1) is 0 Å². The smallest absolute Gasteiger partial charge is 0.454 e. The molecule has 0 amide bonds. The number of benzene rings is 1. The highest BCUT2D eigenvalue weighted by Crippen LogP contribution is 2.41. The van der Waals surface area contributed by atoms with Crippen LogP contribution in [-0.2, 0) is 23.9 Å². The number of esters is 2. The van der Waals surface area contributed by atoms with Gasteiger partial charge in [0.05, 0.1) is 25.8 Å². The number of methoxy groups -OCH3 is 2. The van der Waals surface area contributed by atoms with Gasteiger partial charge in [-0.3, -0.25) is 4.79 Å². The zero-order valence-electron chi connectivity index (χ0n) is 14.7. The summed E-state index contributed by atoms with van der Waals surface area (Å²) in [6, 6.07) is 5.31. The van der Waals surface area contributed by atoms with E-state index >= 15 is 0 Å². The number of carbonyl (C=O) groups is 3. The average molecular weight is 393 g/mol. The topological polar surface area (TPSA) is 72.9 Å². The molecule has 1 aromatic rings. The van der Waals surface area contributed by atoms with Gasteiger partial charge >= 0.3 is 18.1 Å². The maximum absolute atomic E-state index is 13.2. The minimum absolute atomic E-state index is 0.310. The van der Waals surface area contributed by atoms with Crippen molar-refractivity contribution < 1.29 is 37.0 Å². The maximum Gasteiger partial charge on any atom is 0.454 e. The molecule has 2 heterocycles. The highest BCUT2D eigenvalue weighted by atomic mass is 19.4. The molecular weight excluding hydrogens is 379 g/mol. The number of hydrogen-bond donors (Lipinski definition) is 0. The number of halogens is 3. The molecule has 28 heavy (non-hydrogen) atoms. The average Bonchev–Trinajstić information content (AvgIpc) is 2.69. The number of hydrogen-bond acceptors (Lipinski definition) is 6. The van der Waals surface area contributed by atoms with Crippen LogP contribution in [0.3, 0.4) is 0 Å². The molecule has 146 valence electrons. The summed E-state index contributed by atoms with van der Waals surface area (Å²) in [7, 11) is 2.09. The van der Waals surface area contributed by atoms with Crippen LogP contribution in [-0.4, -0.2) is 44.2 Å². The molecule has 6 nitrogen and oxygen atoms in total. The van der Waals surface area contributed by atoms with Crippen LogP contribution in [0.2, 0.25) is 0 Å². The van der Waals surface area contributed by atoms with E-state index in [2.05, 4.69) is 4.74 Å². The lowest BCUT2D eigenvalue weighted by Gasteiger charge is -2.40. The van der Waals surface area contributed by atoms with E-state index in [0.29, 0.717) is 11.3 Å². The Bertz CT molecular complexity index is 959. The van der Waals surface area contributed by atoms with E-state index in [9.17, 15) is 27.6 Å². The monoisotopic (exact) mass is 393 g/mol. The van der Waals surface area contributed by atoms with Gasteiger partial charge in [0, 0.05) is 11.3 Å². The van der Waals surface area contributed by atoms with E-state index in [1.54, 1.807) is 30.3 Å². The predicted molar refractivity (Wildman–Crippen MR) is 91.9 cm³/mol. The fourth-order valence-corrected chi connectivity index (χ4v) is 3.15. The van der Waals surface area contributed by atoms with Gasteiger partial charge in [-0.25, -0.2) is 9.59 Å². The van der Waals surface area contributed by atoms with E-state index in [1.807, 2.05) is 0 Å². The summed E-state index contributed by atoms with van der Waals surface area (Å²) in [5, 5.41) is 0. The van der Waals surface area contributed by atoms with Gasteiger partial charge < -0.3 is 14.4 Å². The van der Waals surface area contributed by atoms with Crippen molar-refractivity contribution in [3.63, 3.8) is 0 Å². The molecule has 0 aliphatic carbocycles. The van der Waals surface area contributed by atoms with Crippen LogP contribution >= 0.6 is 0 Å². The van der Waals surface area contributed by atoms with Crippen molar-refractivity contribution in [3.8, 4) is 0 Å². The number of carbonyl (C=O) groups excluding carboxylic acids is 3. The first-order valence-corrected chi connectivity index (χ1v) is 8.01. The third-order valence-corrected chi connectivity index (χ3v) is 4.35. The first-order valence-electron chi connectivity index (χ1n) is 8.01. The number of ketones is 1. The Hall–Kier alpha value is -3.36. The van der Waals surface area contributed by atoms with Gasteiger partial charge in [-0.1, -0.05) is 30.4 Å². The molecule has 9 heteroatoms. The molecule has 0 aromatic heterocycles. The minimum atomic E-state index is -5.16. The van der Waals surface area contributed by atoms with Crippen LogP contribution in [0.5, 0.6) is 0 Å². The Labute approximate surface area is 157 Å². The molecule has 0 radical (unpaired) electrons. The number of para-hydroxylation sites is 1. The Kier molecular flexibility index (Phi) is 4.84. The van der Waals surface area contributed by atoms with E-state index in [0.717, 1.165) is 20.3 Å². The normalized spacial score (nSPS) is 18.1. The van der Waals surface area contributed by atoms with Crippen LogP contribution in [0.4, 0.5) is 18.9 Å². The van der Waals surface area contributed by atoms with Crippen LogP contribution in [0.1, 0.15) is 5.56 Å². The number of ether oxygens (including phenoxy) is 2. The zero-order valence-corrected chi connectivity index (χ0v) is 14.7. The molecule has 0 fully saturated rings. The lowest BCUT2D eigenvalue weighted by Crippen LogP contribution is -2.47. The minimum Gasteiger partial charge on any atom is -0.465 e. The first kappa shape index (κ1) is 19.4. The second-order valence-corrected chi connectivity index (χ2v) is 5.90. The van der Waals surface area contributed by atoms with Gasteiger partial charge in [0.15, 0.2) is 0 Å². The van der Waals surface area contributed by atoms with E-state index in [4.69, 9.17) is 4.74 Å². The van der Waals surface area contributed by atoms with Gasteiger partial charge in [0.25, 0.3) is 5.78 Å². The summed E-state index contributed by atoms with van der Waals surface area (Å²) in [6.07, 6.45) is -1.51. The summed E-state index contributed by atoms with van der Waals surface area (Å²) in [5.41, 5.74) is -0.577. The Morgan fingerprint density at radius 3 is 2.29 bits per heavy atom. The third-order valence-electron chi connectivity index (χ3n) is 4.35. The maximum atomic E-state index is 13.2. The van der Waals surface area contributed by atoms with E-state index in [-0.39, 0.29) is 5.70 Å². The molecule has 2 aliphatic heterocycles. The first-order chi connectivity index (χ1) is 13.2. The van der Waals surface area contributed by atoms with Crippen LogP contribution < -0.4 is 4.90 Å². The molecule has 3 rings (SSSR count). The molecule has 1 unspecified atom stereocenters. The fourth-order valence-electron chi connectivity index (χ4n) is 3.15. The van der Waals surface area contributed by atoms with Crippen molar-refractivity contribution in [2.45, 2.75) is 12.2 Å². The molecule has 1 aromatic carbocycles. The van der Waals surface area contributed by atoms with Gasteiger partial charge in [-0.05, 0) is 17.7 Å². The summed E-state index contributed by atoms with van der Waals surface area (Å²) in [5.74, 6) is -4.14. The lowest BCUT2D eigenvalue weighted by atomic mass is 9.88. The number of Topliss-reactive ketones (excluding diaryl/α,β-unsaturated/α-hetero) is 1. The van der Waals surface area contributed by atoms with Crippen molar-refractivity contribution in [2.75, 3.05) is 19.1 Å². The van der Waals surface area contributed by atoms with Gasteiger partial charge in [-0.2, -0.15) is 13.2 Å². The predicted octanol–water partition coefficient (Wildman–Crippen LogP) is 2.56. The zero-order chi connectivity index (χ0) is 20.6. The number of nitrogens with zero attached hydrogens (tertiary/aromatic N) is 1. The molecule has 0 saturated carbocycles. The summed E-state index contributed by atoms with van der Waals surface area (Å²) >= 11 is 0.